The van der Waals surface area contributed by atoms with Crippen molar-refractivity contribution < 1.29 is 14.4 Å². The molecule has 150 valence electrons. The van der Waals surface area contributed by atoms with Crippen LogP contribution in [0.3, 0.4) is 0 Å². The lowest BCUT2D eigenvalue weighted by Gasteiger charge is -2.39. The summed E-state index contributed by atoms with van der Waals surface area (Å²) in [6.45, 7) is 0.768. The fourth-order valence-corrected chi connectivity index (χ4v) is 5.95. The van der Waals surface area contributed by atoms with Gasteiger partial charge in [0, 0.05) is 17.7 Å². The Morgan fingerprint density at radius 1 is 1.14 bits per heavy atom. The molecule has 1 amide bonds. The van der Waals surface area contributed by atoms with Crippen LogP contribution < -0.4 is 15.0 Å². The van der Waals surface area contributed by atoms with E-state index in [0.29, 0.717) is 0 Å². The molecule has 28 heavy (non-hydrogen) atoms. The van der Waals surface area contributed by atoms with E-state index in [1.807, 2.05) is 6.07 Å². The first-order chi connectivity index (χ1) is 13.5. The molecule has 1 saturated carbocycles. The van der Waals surface area contributed by atoms with Crippen LogP contribution >= 0.6 is 11.3 Å². The van der Waals surface area contributed by atoms with Crippen molar-refractivity contribution in [3.05, 3.63) is 40.3 Å². The Kier molecular flexibility index (Phi) is 5.48. The second kappa shape index (κ2) is 7.88. The maximum absolute atomic E-state index is 13.0. The number of rotatable bonds is 5. The van der Waals surface area contributed by atoms with Crippen molar-refractivity contribution in [1.82, 2.24) is 5.32 Å². The molecule has 0 aliphatic heterocycles. The van der Waals surface area contributed by atoms with Gasteiger partial charge in [-0.3, -0.25) is 4.79 Å². The lowest BCUT2D eigenvalue weighted by atomic mass is 9.80. The smallest absolute Gasteiger partial charge is 0.261 e. The molecule has 1 aromatic heterocycles. The number of thiophene rings is 1. The molecule has 0 bridgehead atoms. The van der Waals surface area contributed by atoms with Gasteiger partial charge in [-0.15, -0.1) is 11.3 Å². The summed E-state index contributed by atoms with van der Waals surface area (Å²) in [6, 6.07) is 8.39. The van der Waals surface area contributed by atoms with E-state index in [1.165, 1.54) is 58.6 Å². The minimum atomic E-state index is 0.0839. The number of likely N-dealkylation sites (N-methyl/N-ethyl adjacent to an activating group) is 1. The van der Waals surface area contributed by atoms with Crippen LogP contribution in [0.25, 0.3) is 10.4 Å². The quantitative estimate of drug-likeness (QED) is 0.811. The Hall–Kier alpha value is -1.85. The molecular weight excluding hydrogens is 368 g/mol. The van der Waals surface area contributed by atoms with Gasteiger partial charge in [-0.1, -0.05) is 6.42 Å². The molecule has 4 nitrogen and oxygen atoms in total. The molecule has 0 saturated heterocycles. The number of fused-ring (bicyclic) bond motifs is 3. The fraction of sp³-hybridized carbons (Fsp3) is 0.522. The molecule has 2 aliphatic carbocycles. The van der Waals surface area contributed by atoms with Crippen LogP contribution in [0.15, 0.2) is 24.3 Å². The molecule has 0 unspecified atom stereocenters. The molecule has 1 aromatic carbocycles. The van der Waals surface area contributed by atoms with Crippen molar-refractivity contribution in [3.8, 4) is 16.2 Å². The fourth-order valence-electron chi connectivity index (χ4n) is 4.77. The number of carbonyl (C=O) groups excluding carboxylic acids is 1. The Balaban J connectivity index is 1.51. The van der Waals surface area contributed by atoms with E-state index in [4.69, 9.17) is 4.74 Å². The SMILES string of the molecule is COc1ccc2c(c1)CCc1cc(C(=O)NCC3([NH+](C)C)CCCCC3)sc1-2. The average Bonchev–Trinajstić information content (AvgIpc) is 3.17. The van der Waals surface area contributed by atoms with E-state index in [0.717, 1.165) is 30.0 Å². The molecule has 2 N–H and O–H groups in total. The summed E-state index contributed by atoms with van der Waals surface area (Å²) in [5.74, 6) is 0.987. The number of benzene rings is 1. The zero-order valence-electron chi connectivity index (χ0n) is 17.2. The molecule has 2 aliphatic rings. The molecule has 1 heterocycles. The van der Waals surface area contributed by atoms with Gasteiger partial charge in [0.1, 0.15) is 11.3 Å². The summed E-state index contributed by atoms with van der Waals surface area (Å²) in [4.78, 5) is 16.5. The van der Waals surface area contributed by atoms with Gasteiger partial charge in [0.15, 0.2) is 0 Å². The van der Waals surface area contributed by atoms with Gasteiger partial charge in [-0.05, 0) is 66.6 Å². The second-order valence-electron chi connectivity index (χ2n) is 8.51. The Morgan fingerprint density at radius 2 is 1.89 bits per heavy atom. The standard InChI is InChI=1S/C23H30N2O2S/c1-25(2)23(11-5-4-6-12-23)15-24-22(26)20-14-17-8-7-16-13-18(27-3)9-10-19(16)21(17)28-20/h9-10,13-14H,4-8,11-12,15H2,1-3H3,(H,24,26)/p+1. The van der Waals surface area contributed by atoms with Crippen LogP contribution in [0.5, 0.6) is 5.75 Å². The number of aryl methyl sites for hydroxylation is 2. The van der Waals surface area contributed by atoms with Gasteiger partial charge in [0.25, 0.3) is 5.91 Å². The maximum atomic E-state index is 13.0. The molecule has 2 aromatic rings. The number of carbonyl (C=O) groups is 1. The van der Waals surface area contributed by atoms with Crippen molar-refractivity contribution in [2.75, 3.05) is 27.7 Å². The first-order valence-electron chi connectivity index (χ1n) is 10.4. The van der Waals surface area contributed by atoms with E-state index in [9.17, 15) is 4.79 Å². The minimum absolute atomic E-state index is 0.0839. The highest BCUT2D eigenvalue weighted by Gasteiger charge is 2.38. The second-order valence-corrected chi connectivity index (χ2v) is 9.56. The predicted octanol–water partition coefficient (Wildman–Crippen LogP) is 3.10. The van der Waals surface area contributed by atoms with Crippen LogP contribution in [0, 0.1) is 0 Å². The van der Waals surface area contributed by atoms with Gasteiger partial charge in [-0.25, -0.2) is 0 Å². The first kappa shape index (κ1) is 19.5. The molecule has 5 heteroatoms. The highest BCUT2D eigenvalue weighted by Crippen LogP contribution is 2.40. The maximum Gasteiger partial charge on any atom is 0.261 e. The van der Waals surface area contributed by atoms with E-state index >= 15 is 0 Å². The predicted molar refractivity (Wildman–Crippen MR) is 115 cm³/mol. The number of quaternary nitrogens is 1. The van der Waals surface area contributed by atoms with Crippen LogP contribution in [-0.2, 0) is 12.8 Å². The van der Waals surface area contributed by atoms with Gasteiger partial charge in [-0.2, -0.15) is 0 Å². The summed E-state index contributed by atoms with van der Waals surface area (Å²) >= 11 is 1.63. The third-order valence-corrected chi connectivity index (χ3v) is 7.92. The van der Waals surface area contributed by atoms with E-state index in [1.54, 1.807) is 18.4 Å². The Labute approximate surface area is 171 Å². The number of hydrogen-bond donors (Lipinski definition) is 2. The number of nitrogens with one attached hydrogen (secondary N) is 2. The van der Waals surface area contributed by atoms with Gasteiger partial charge in [0.2, 0.25) is 0 Å². The van der Waals surface area contributed by atoms with E-state index < -0.39 is 0 Å². The normalized spacial score (nSPS) is 17.7. The molecule has 0 spiro atoms. The summed E-state index contributed by atoms with van der Waals surface area (Å²) in [7, 11) is 6.16. The third-order valence-electron chi connectivity index (χ3n) is 6.71. The number of methoxy groups -OCH3 is 1. The lowest BCUT2D eigenvalue weighted by Crippen LogP contribution is -3.16. The van der Waals surface area contributed by atoms with Crippen LogP contribution in [0.1, 0.15) is 52.9 Å². The number of amides is 1. The van der Waals surface area contributed by atoms with Gasteiger partial charge >= 0.3 is 0 Å². The van der Waals surface area contributed by atoms with E-state index in [-0.39, 0.29) is 11.4 Å². The van der Waals surface area contributed by atoms with Gasteiger partial charge < -0.3 is 15.0 Å². The van der Waals surface area contributed by atoms with E-state index in [2.05, 4.69) is 37.6 Å². The Morgan fingerprint density at radius 3 is 2.61 bits per heavy atom. The van der Waals surface area contributed by atoms with Gasteiger partial charge in [0.05, 0.1) is 32.6 Å². The lowest BCUT2D eigenvalue weighted by molar-refractivity contribution is -0.916. The van der Waals surface area contributed by atoms with Crippen molar-refractivity contribution in [2.24, 2.45) is 0 Å². The average molecular weight is 400 g/mol. The number of hydrogen-bond acceptors (Lipinski definition) is 3. The third kappa shape index (κ3) is 3.58. The molecule has 0 atom stereocenters. The molecule has 0 radical (unpaired) electrons. The van der Waals surface area contributed by atoms with Crippen molar-refractivity contribution in [2.45, 2.75) is 50.5 Å². The first-order valence-corrected chi connectivity index (χ1v) is 11.2. The highest BCUT2D eigenvalue weighted by molar-refractivity contribution is 7.17. The molecular formula is C23H31N2O2S+. The zero-order chi connectivity index (χ0) is 19.7. The summed E-state index contributed by atoms with van der Waals surface area (Å²) in [6.07, 6.45) is 8.26. The summed E-state index contributed by atoms with van der Waals surface area (Å²) in [5, 5.41) is 3.27. The molecule has 1 fully saturated rings. The Bertz CT molecular complexity index is 865. The summed E-state index contributed by atoms with van der Waals surface area (Å²) in [5.41, 5.74) is 4.07. The largest absolute Gasteiger partial charge is 0.497 e. The van der Waals surface area contributed by atoms with Crippen LogP contribution in [0.4, 0.5) is 0 Å². The molecule has 4 rings (SSSR count). The van der Waals surface area contributed by atoms with Crippen molar-refractivity contribution in [3.63, 3.8) is 0 Å². The number of ether oxygens (including phenoxy) is 1. The monoisotopic (exact) mass is 399 g/mol. The minimum Gasteiger partial charge on any atom is -0.497 e. The topological polar surface area (TPSA) is 42.8 Å². The van der Waals surface area contributed by atoms with Crippen molar-refractivity contribution >= 4 is 17.2 Å². The van der Waals surface area contributed by atoms with Crippen molar-refractivity contribution in [1.29, 1.82) is 0 Å². The highest BCUT2D eigenvalue weighted by atomic mass is 32.1. The zero-order valence-corrected chi connectivity index (χ0v) is 18.0. The van der Waals surface area contributed by atoms with Crippen LogP contribution in [-0.4, -0.2) is 39.2 Å². The summed E-state index contributed by atoms with van der Waals surface area (Å²) < 4.78 is 5.37. The van der Waals surface area contributed by atoms with Crippen LogP contribution in [0.2, 0.25) is 0 Å².